The van der Waals surface area contributed by atoms with Crippen molar-refractivity contribution < 1.29 is 13.9 Å². The number of hydrogen-bond donors (Lipinski definition) is 0. The van der Waals surface area contributed by atoms with Crippen molar-refractivity contribution in [2.24, 2.45) is 0 Å². The van der Waals surface area contributed by atoms with Crippen LogP contribution in [0.1, 0.15) is 21.5 Å². The molecule has 0 radical (unpaired) electrons. The largest absolute Gasteiger partial charge is 0.496 e. The van der Waals surface area contributed by atoms with E-state index in [0.717, 1.165) is 5.56 Å². The van der Waals surface area contributed by atoms with E-state index >= 15 is 0 Å². The van der Waals surface area contributed by atoms with E-state index in [9.17, 15) is 9.18 Å². The van der Waals surface area contributed by atoms with Crippen molar-refractivity contribution in [2.45, 2.75) is 6.92 Å². The van der Waals surface area contributed by atoms with E-state index in [1.165, 1.54) is 19.2 Å². The van der Waals surface area contributed by atoms with Gasteiger partial charge in [0.15, 0.2) is 5.78 Å². The quantitative estimate of drug-likeness (QED) is 0.794. The lowest BCUT2D eigenvalue weighted by Gasteiger charge is -2.09. The van der Waals surface area contributed by atoms with Crippen LogP contribution in [0.5, 0.6) is 5.75 Å². The highest BCUT2D eigenvalue weighted by Gasteiger charge is 2.17. The third-order valence-corrected chi connectivity index (χ3v) is 3.37. The Morgan fingerprint density at radius 2 is 2.00 bits per heavy atom. The summed E-state index contributed by atoms with van der Waals surface area (Å²) in [4.78, 5) is 12.4. The van der Waals surface area contributed by atoms with Gasteiger partial charge in [0.2, 0.25) is 0 Å². The lowest BCUT2D eigenvalue weighted by atomic mass is 10.0. The van der Waals surface area contributed by atoms with Crippen LogP contribution in [0.4, 0.5) is 4.39 Å². The van der Waals surface area contributed by atoms with Gasteiger partial charge in [-0.1, -0.05) is 23.8 Å². The van der Waals surface area contributed by atoms with Gasteiger partial charge in [-0.15, -0.1) is 0 Å². The highest BCUT2D eigenvalue weighted by Crippen LogP contribution is 2.28. The maximum absolute atomic E-state index is 13.4. The molecule has 0 fully saturated rings. The number of hydrogen-bond acceptors (Lipinski definition) is 2. The third-order valence-electron chi connectivity index (χ3n) is 2.77. The first-order valence-electron chi connectivity index (χ1n) is 5.67. The first-order chi connectivity index (χ1) is 9.02. The normalized spacial score (nSPS) is 10.3. The molecule has 2 aromatic carbocycles. The van der Waals surface area contributed by atoms with E-state index in [2.05, 4.69) is 15.9 Å². The highest BCUT2D eigenvalue weighted by molar-refractivity contribution is 9.10. The fourth-order valence-corrected chi connectivity index (χ4v) is 2.16. The molecule has 0 amide bonds. The number of ether oxygens (including phenoxy) is 1. The zero-order valence-corrected chi connectivity index (χ0v) is 12.1. The van der Waals surface area contributed by atoms with Gasteiger partial charge in [0, 0.05) is 11.6 Å². The molecule has 2 rings (SSSR count). The van der Waals surface area contributed by atoms with E-state index in [1.54, 1.807) is 12.1 Å². The Hall–Kier alpha value is -1.68. The maximum Gasteiger partial charge on any atom is 0.196 e. The summed E-state index contributed by atoms with van der Waals surface area (Å²) >= 11 is 3.08. The van der Waals surface area contributed by atoms with Crippen LogP contribution in [0.3, 0.4) is 0 Å². The Balaban J connectivity index is 2.52. The third kappa shape index (κ3) is 2.84. The van der Waals surface area contributed by atoms with E-state index in [1.807, 2.05) is 19.1 Å². The van der Waals surface area contributed by atoms with Crippen molar-refractivity contribution in [3.8, 4) is 5.75 Å². The minimum Gasteiger partial charge on any atom is -0.496 e. The fraction of sp³-hybridized carbons (Fsp3) is 0.133. The molecule has 0 saturated carbocycles. The number of ketones is 1. The summed E-state index contributed by atoms with van der Waals surface area (Å²) in [5.41, 5.74) is 1.88. The van der Waals surface area contributed by atoms with Gasteiger partial charge in [-0.05, 0) is 35.0 Å². The van der Waals surface area contributed by atoms with Gasteiger partial charge in [0.25, 0.3) is 0 Å². The molecule has 0 aliphatic carbocycles. The van der Waals surface area contributed by atoms with Crippen molar-refractivity contribution in [2.75, 3.05) is 7.11 Å². The van der Waals surface area contributed by atoms with E-state index in [0.29, 0.717) is 11.1 Å². The first kappa shape index (κ1) is 13.7. The predicted octanol–water partition coefficient (Wildman–Crippen LogP) is 4.14. The standard InChI is InChI=1S/C15H12BrFO2/c1-9-4-3-5-10(6-9)15(18)11-7-12(16)13(17)8-14(11)19-2/h3-8H,1-2H3. The molecule has 0 aliphatic rings. The van der Waals surface area contributed by atoms with E-state index in [-0.39, 0.29) is 16.0 Å². The van der Waals surface area contributed by atoms with Crippen LogP contribution in [0, 0.1) is 12.7 Å². The van der Waals surface area contributed by atoms with Crippen LogP contribution in [-0.2, 0) is 0 Å². The summed E-state index contributed by atoms with van der Waals surface area (Å²) in [6.45, 7) is 1.91. The highest BCUT2D eigenvalue weighted by atomic mass is 79.9. The monoisotopic (exact) mass is 322 g/mol. The predicted molar refractivity (Wildman–Crippen MR) is 75.3 cm³/mol. The molecule has 2 aromatic rings. The Morgan fingerprint density at radius 1 is 1.26 bits per heavy atom. The number of carbonyl (C=O) groups is 1. The second-order valence-corrected chi connectivity index (χ2v) is 5.02. The summed E-state index contributed by atoms with van der Waals surface area (Å²) < 4.78 is 18.8. The second kappa shape index (κ2) is 5.53. The average molecular weight is 323 g/mol. The number of methoxy groups -OCH3 is 1. The number of aryl methyl sites for hydroxylation is 1. The lowest BCUT2D eigenvalue weighted by Crippen LogP contribution is -2.05. The molecule has 98 valence electrons. The summed E-state index contributed by atoms with van der Waals surface area (Å²) in [6, 6.07) is 9.89. The average Bonchev–Trinajstić information content (AvgIpc) is 2.40. The summed E-state index contributed by atoms with van der Waals surface area (Å²) in [6.07, 6.45) is 0. The Morgan fingerprint density at radius 3 is 2.63 bits per heavy atom. The minimum atomic E-state index is -0.461. The van der Waals surface area contributed by atoms with Crippen LogP contribution in [0.25, 0.3) is 0 Å². The fourth-order valence-electron chi connectivity index (χ4n) is 1.82. The van der Waals surface area contributed by atoms with Gasteiger partial charge >= 0.3 is 0 Å². The first-order valence-corrected chi connectivity index (χ1v) is 6.46. The summed E-state index contributed by atoms with van der Waals surface area (Å²) in [7, 11) is 1.41. The minimum absolute atomic E-state index is 0.193. The summed E-state index contributed by atoms with van der Waals surface area (Å²) in [5.74, 6) is -0.425. The molecular formula is C15H12BrFO2. The van der Waals surface area contributed by atoms with Crippen molar-refractivity contribution in [3.05, 3.63) is 63.4 Å². The summed E-state index contributed by atoms with van der Waals surface area (Å²) in [5, 5.41) is 0. The van der Waals surface area contributed by atoms with Crippen LogP contribution in [0.2, 0.25) is 0 Å². The molecule has 0 saturated heterocycles. The molecule has 0 aliphatic heterocycles. The Kier molecular flexibility index (Phi) is 4.00. The number of rotatable bonds is 3. The molecule has 0 spiro atoms. The molecule has 2 nitrogen and oxygen atoms in total. The van der Waals surface area contributed by atoms with Gasteiger partial charge in [-0.2, -0.15) is 0 Å². The molecule has 0 unspecified atom stereocenters. The molecule has 0 bridgehead atoms. The van der Waals surface area contributed by atoms with E-state index in [4.69, 9.17) is 4.74 Å². The molecule has 0 N–H and O–H groups in total. The smallest absolute Gasteiger partial charge is 0.196 e. The number of benzene rings is 2. The van der Waals surface area contributed by atoms with Crippen LogP contribution in [-0.4, -0.2) is 12.9 Å². The Labute approximate surface area is 119 Å². The maximum atomic E-state index is 13.4. The molecule has 0 aromatic heterocycles. The number of carbonyl (C=O) groups excluding carboxylic acids is 1. The molecule has 0 atom stereocenters. The zero-order valence-electron chi connectivity index (χ0n) is 10.5. The molecule has 19 heavy (non-hydrogen) atoms. The zero-order chi connectivity index (χ0) is 14.0. The Bertz CT molecular complexity index is 638. The van der Waals surface area contributed by atoms with Gasteiger partial charge in [0.05, 0.1) is 17.1 Å². The van der Waals surface area contributed by atoms with Gasteiger partial charge < -0.3 is 4.74 Å². The molecular weight excluding hydrogens is 311 g/mol. The van der Waals surface area contributed by atoms with E-state index < -0.39 is 5.82 Å². The second-order valence-electron chi connectivity index (χ2n) is 4.17. The lowest BCUT2D eigenvalue weighted by molar-refractivity contribution is 0.103. The van der Waals surface area contributed by atoms with Crippen molar-refractivity contribution in [1.82, 2.24) is 0 Å². The number of halogens is 2. The molecule has 0 heterocycles. The SMILES string of the molecule is COc1cc(F)c(Br)cc1C(=O)c1cccc(C)c1. The van der Waals surface area contributed by atoms with Crippen LogP contribution in [0.15, 0.2) is 40.9 Å². The molecule has 4 heteroatoms. The van der Waals surface area contributed by atoms with Crippen molar-refractivity contribution in [1.29, 1.82) is 0 Å². The topological polar surface area (TPSA) is 26.3 Å². The van der Waals surface area contributed by atoms with Gasteiger partial charge in [-0.25, -0.2) is 4.39 Å². The van der Waals surface area contributed by atoms with Crippen molar-refractivity contribution >= 4 is 21.7 Å². The van der Waals surface area contributed by atoms with Crippen LogP contribution < -0.4 is 4.74 Å². The van der Waals surface area contributed by atoms with Gasteiger partial charge in [-0.3, -0.25) is 4.79 Å². The van der Waals surface area contributed by atoms with Crippen LogP contribution >= 0.6 is 15.9 Å². The van der Waals surface area contributed by atoms with Gasteiger partial charge in [0.1, 0.15) is 11.6 Å². The van der Waals surface area contributed by atoms with Crippen molar-refractivity contribution in [3.63, 3.8) is 0 Å².